The smallest absolute Gasteiger partial charge is 0.259 e. The lowest BCUT2D eigenvalue weighted by Crippen LogP contribution is -2.26. The van der Waals surface area contributed by atoms with E-state index in [1.165, 1.54) is 0 Å². The Morgan fingerprint density at radius 1 is 1.17 bits per heavy atom. The third-order valence-electron chi connectivity index (χ3n) is 3.22. The summed E-state index contributed by atoms with van der Waals surface area (Å²) in [6.45, 7) is 1.92. The van der Waals surface area contributed by atoms with Crippen molar-refractivity contribution >= 4 is 23.0 Å². The fourth-order valence-electron chi connectivity index (χ4n) is 1.94. The van der Waals surface area contributed by atoms with Crippen LogP contribution in [0.15, 0.2) is 53.6 Å². The summed E-state index contributed by atoms with van der Waals surface area (Å²) in [7, 11) is 1.58. The maximum Gasteiger partial charge on any atom is 0.259 e. The molecule has 2 rings (SSSR count). The first-order valence-corrected chi connectivity index (χ1v) is 7.16. The predicted molar refractivity (Wildman–Crippen MR) is 92.7 cm³/mol. The van der Waals surface area contributed by atoms with E-state index in [1.54, 1.807) is 19.2 Å². The maximum atomic E-state index is 11.9. The van der Waals surface area contributed by atoms with Gasteiger partial charge in [-0.3, -0.25) is 4.79 Å². The second kappa shape index (κ2) is 7.84. The van der Waals surface area contributed by atoms with Crippen molar-refractivity contribution in [3.05, 3.63) is 54.1 Å². The highest BCUT2D eigenvalue weighted by Crippen LogP contribution is 2.22. The van der Waals surface area contributed by atoms with Gasteiger partial charge in [-0.05, 0) is 36.8 Å². The number of anilines is 2. The molecule has 0 saturated carbocycles. The van der Waals surface area contributed by atoms with Crippen LogP contribution in [0.25, 0.3) is 0 Å². The van der Waals surface area contributed by atoms with E-state index in [9.17, 15) is 4.79 Å². The zero-order valence-corrected chi connectivity index (χ0v) is 13.2. The molecule has 120 valence electrons. The Morgan fingerprint density at radius 2 is 1.87 bits per heavy atom. The normalized spacial score (nSPS) is 11.0. The number of carbonyl (C=O) groups excluding carboxylic acids is 1. The largest absolute Gasteiger partial charge is 0.495 e. The van der Waals surface area contributed by atoms with Crippen molar-refractivity contribution in [1.29, 1.82) is 0 Å². The molecule has 0 atom stereocenters. The summed E-state index contributed by atoms with van der Waals surface area (Å²) in [6, 6.07) is 14.7. The number of nitrogens with one attached hydrogen (secondary N) is 2. The standard InChI is InChI=1S/C17H20N4O2/c1-12(13-7-9-14(18)10-8-13)20-21-17(22)11-19-15-5-3-4-6-16(15)23-2/h3-10,19H,11,18H2,1-2H3,(H,21,22). The topological polar surface area (TPSA) is 88.7 Å². The van der Waals surface area contributed by atoms with E-state index in [0.717, 1.165) is 11.3 Å². The first-order chi connectivity index (χ1) is 11.1. The number of hydrazone groups is 1. The summed E-state index contributed by atoms with van der Waals surface area (Å²) in [5.74, 6) is 0.438. The lowest BCUT2D eigenvalue weighted by molar-refractivity contribution is -0.119. The fourth-order valence-corrected chi connectivity index (χ4v) is 1.94. The molecule has 0 aliphatic rings. The Hall–Kier alpha value is -3.02. The highest BCUT2D eigenvalue weighted by atomic mass is 16.5. The van der Waals surface area contributed by atoms with Crippen molar-refractivity contribution in [3.8, 4) is 5.75 Å². The number of carbonyl (C=O) groups is 1. The average Bonchev–Trinajstić information content (AvgIpc) is 2.58. The van der Waals surface area contributed by atoms with Crippen molar-refractivity contribution in [1.82, 2.24) is 5.43 Å². The number of nitrogens with zero attached hydrogens (tertiary/aromatic N) is 1. The number of ether oxygens (including phenoxy) is 1. The van der Waals surface area contributed by atoms with Crippen molar-refractivity contribution < 1.29 is 9.53 Å². The molecule has 6 nitrogen and oxygen atoms in total. The van der Waals surface area contributed by atoms with E-state index < -0.39 is 0 Å². The van der Waals surface area contributed by atoms with Crippen LogP contribution in [0.3, 0.4) is 0 Å². The van der Waals surface area contributed by atoms with Gasteiger partial charge in [-0.25, -0.2) is 5.43 Å². The van der Waals surface area contributed by atoms with E-state index in [1.807, 2.05) is 43.3 Å². The quantitative estimate of drug-likeness (QED) is 0.433. The van der Waals surface area contributed by atoms with Crippen LogP contribution in [0.5, 0.6) is 5.75 Å². The van der Waals surface area contributed by atoms with E-state index in [2.05, 4.69) is 15.8 Å². The highest BCUT2D eigenvalue weighted by molar-refractivity contribution is 5.99. The SMILES string of the molecule is COc1ccccc1NCC(=O)NN=C(C)c1ccc(N)cc1. The van der Waals surface area contributed by atoms with Crippen molar-refractivity contribution in [3.63, 3.8) is 0 Å². The number of nitrogens with two attached hydrogens (primary N) is 1. The van der Waals surface area contributed by atoms with Crippen LogP contribution < -0.4 is 21.2 Å². The molecule has 0 saturated heterocycles. The Balaban J connectivity index is 1.89. The van der Waals surface area contributed by atoms with Gasteiger partial charge >= 0.3 is 0 Å². The molecule has 0 aliphatic carbocycles. The molecule has 0 radical (unpaired) electrons. The molecule has 0 fully saturated rings. The molecule has 2 aromatic carbocycles. The van der Waals surface area contributed by atoms with Gasteiger partial charge < -0.3 is 15.8 Å². The van der Waals surface area contributed by atoms with Crippen molar-refractivity contribution in [2.45, 2.75) is 6.92 Å². The average molecular weight is 312 g/mol. The van der Waals surface area contributed by atoms with Crippen LogP contribution in [0.2, 0.25) is 0 Å². The number of nitrogen functional groups attached to an aromatic ring is 1. The lowest BCUT2D eigenvalue weighted by Gasteiger charge is -2.10. The molecule has 23 heavy (non-hydrogen) atoms. The van der Waals surface area contributed by atoms with Gasteiger partial charge in [0, 0.05) is 5.69 Å². The molecule has 0 bridgehead atoms. The Labute approximate surface area is 135 Å². The second-order valence-electron chi connectivity index (χ2n) is 4.91. The van der Waals surface area contributed by atoms with Gasteiger partial charge in [-0.2, -0.15) is 5.10 Å². The third kappa shape index (κ3) is 4.74. The second-order valence-corrected chi connectivity index (χ2v) is 4.91. The van der Waals surface area contributed by atoms with E-state index in [0.29, 0.717) is 17.1 Å². The van der Waals surface area contributed by atoms with Crippen molar-refractivity contribution in [2.24, 2.45) is 5.10 Å². The summed E-state index contributed by atoms with van der Waals surface area (Å²) in [5, 5.41) is 7.10. The van der Waals surface area contributed by atoms with Crippen molar-refractivity contribution in [2.75, 3.05) is 24.7 Å². The van der Waals surface area contributed by atoms with Gasteiger partial charge in [-0.15, -0.1) is 0 Å². The molecule has 0 aromatic heterocycles. The van der Waals surface area contributed by atoms with Crippen LogP contribution in [0.1, 0.15) is 12.5 Å². The minimum absolute atomic E-state index is 0.0961. The van der Waals surface area contributed by atoms with Crippen LogP contribution in [0.4, 0.5) is 11.4 Å². The van der Waals surface area contributed by atoms with E-state index >= 15 is 0 Å². The van der Waals surface area contributed by atoms with Crippen LogP contribution in [-0.2, 0) is 4.79 Å². The molecule has 2 aromatic rings. The Kier molecular flexibility index (Phi) is 5.57. The Bertz CT molecular complexity index is 696. The maximum absolute atomic E-state index is 11.9. The Morgan fingerprint density at radius 3 is 2.57 bits per heavy atom. The highest BCUT2D eigenvalue weighted by Gasteiger charge is 2.04. The zero-order chi connectivity index (χ0) is 16.7. The van der Waals surface area contributed by atoms with Gasteiger partial charge in [0.15, 0.2) is 0 Å². The monoisotopic (exact) mass is 312 g/mol. The number of methoxy groups -OCH3 is 1. The minimum atomic E-state index is -0.245. The minimum Gasteiger partial charge on any atom is -0.495 e. The molecular weight excluding hydrogens is 292 g/mol. The van der Waals surface area contributed by atoms with E-state index in [-0.39, 0.29) is 12.5 Å². The van der Waals surface area contributed by atoms with Crippen LogP contribution in [-0.4, -0.2) is 25.3 Å². The molecular formula is C17H20N4O2. The van der Waals surface area contributed by atoms with Gasteiger partial charge in [0.25, 0.3) is 5.91 Å². The van der Waals surface area contributed by atoms with E-state index in [4.69, 9.17) is 10.5 Å². The summed E-state index contributed by atoms with van der Waals surface area (Å²) in [6.07, 6.45) is 0. The number of benzene rings is 2. The summed E-state index contributed by atoms with van der Waals surface area (Å²) in [5.41, 5.74) is 11.2. The number of amides is 1. The van der Waals surface area contributed by atoms with Gasteiger partial charge in [0.1, 0.15) is 5.75 Å². The molecule has 4 N–H and O–H groups in total. The van der Waals surface area contributed by atoms with Gasteiger partial charge in [0.05, 0.1) is 25.1 Å². The third-order valence-corrected chi connectivity index (χ3v) is 3.22. The number of para-hydroxylation sites is 2. The van der Waals surface area contributed by atoms with Gasteiger partial charge in [-0.1, -0.05) is 24.3 Å². The molecule has 0 aliphatic heterocycles. The fraction of sp³-hybridized carbons (Fsp3) is 0.176. The van der Waals surface area contributed by atoms with Crippen LogP contribution >= 0.6 is 0 Å². The first-order valence-electron chi connectivity index (χ1n) is 7.16. The first kappa shape index (κ1) is 16.4. The molecule has 0 spiro atoms. The molecule has 0 heterocycles. The molecule has 0 unspecified atom stereocenters. The van der Waals surface area contributed by atoms with Crippen LogP contribution in [0, 0.1) is 0 Å². The van der Waals surface area contributed by atoms with Gasteiger partial charge in [0.2, 0.25) is 0 Å². The number of hydrogen-bond acceptors (Lipinski definition) is 5. The number of rotatable bonds is 6. The molecule has 6 heteroatoms. The summed E-state index contributed by atoms with van der Waals surface area (Å²) >= 11 is 0. The number of hydrogen-bond donors (Lipinski definition) is 3. The summed E-state index contributed by atoms with van der Waals surface area (Å²) < 4.78 is 5.21. The lowest BCUT2D eigenvalue weighted by atomic mass is 10.1. The zero-order valence-electron chi connectivity index (χ0n) is 13.2. The predicted octanol–water partition coefficient (Wildman–Crippen LogP) is 2.23. The molecule has 1 amide bonds. The summed E-state index contributed by atoms with van der Waals surface area (Å²) in [4.78, 5) is 11.9.